The van der Waals surface area contributed by atoms with E-state index in [0.29, 0.717) is 12.1 Å². The van der Waals surface area contributed by atoms with Crippen LogP contribution in [-0.4, -0.2) is 6.54 Å². The number of halogens is 2. The molecule has 0 aliphatic heterocycles. The highest BCUT2D eigenvalue weighted by Crippen LogP contribution is 2.13. The van der Waals surface area contributed by atoms with Crippen LogP contribution in [0.1, 0.15) is 17.2 Å². The van der Waals surface area contributed by atoms with Crippen LogP contribution in [0.15, 0.2) is 18.2 Å². The van der Waals surface area contributed by atoms with Crippen LogP contribution in [0.2, 0.25) is 0 Å². The Bertz CT molecular complexity index is 278. The monoisotopic (exact) mass is 204 g/mol. The molecule has 0 aliphatic rings. The van der Waals surface area contributed by atoms with Gasteiger partial charge in [-0.1, -0.05) is 12.1 Å². The summed E-state index contributed by atoms with van der Waals surface area (Å²) in [6, 6.07) is 4.62. The molecule has 1 aromatic rings. The van der Waals surface area contributed by atoms with E-state index in [0.717, 1.165) is 5.56 Å². The minimum Gasteiger partial charge on any atom is -0.329 e. The molecule has 74 valence electrons. The van der Waals surface area contributed by atoms with Crippen molar-refractivity contribution < 1.29 is 4.39 Å². The molecule has 1 aromatic carbocycles. The quantitative estimate of drug-likeness (QED) is 0.768. The summed E-state index contributed by atoms with van der Waals surface area (Å²) in [5.74, 6) is -0.206. The first-order valence-electron chi connectivity index (χ1n) is 3.87. The molecule has 2 nitrogen and oxygen atoms in total. The zero-order valence-electron chi connectivity index (χ0n) is 7.46. The topological polar surface area (TPSA) is 52.0 Å². The average Bonchev–Trinajstić information content (AvgIpc) is 2.08. The summed E-state index contributed by atoms with van der Waals surface area (Å²) in [6.45, 7) is 2.09. The molecule has 4 heteroatoms. The zero-order valence-corrected chi connectivity index (χ0v) is 8.27. The lowest BCUT2D eigenvalue weighted by atomic mass is 10.1. The predicted molar refractivity (Wildman–Crippen MR) is 54.4 cm³/mol. The lowest BCUT2D eigenvalue weighted by molar-refractivity contribution is 0.615. The van der Waals surface area contributed by atoms with Gasteiger partial charge in [-0.05, 0) is 24.1 Å². The number of nitrogens with two attached hydrogens (primary N) is 2. The molecule has 0 saturated carbocycles. The molecule has 0 saturated heterocycles. The van der Waals surface area contributed by atoms with Crippen LogP contribution in [0.3, 0.4) is 0 Å². The van der Waals surface area contributed by atoms with Crippen LogP contribution >= 0.6 is 12.4 Å². The normalized spacial score (nSPS) is 12.0. The lowest BCUT2D eigenvalue weighted by Gasteiger charge is -2.09. The number of benzene rings is 1. The molecule has 0 aromatic heterocycles. The fourth-order valence-electron chi connectivity index (χ4n) is 1.03. The van der Waals surface area contributed by atoms with Crippen molar-refractivity contribution in [2.24, 2.45) is 11.5 Å². The Balaban J connectivity index is 0.00000144. The van der Waals surface area contributed by atoms with Crippen LogP contribution in [-0.2, 0) is 0 Å². The molecule has 0 bridgehead atoms. The molecule has 1 rings (SSSR count). The van der Waals surface area contributed by atoms with Crippen LogP contribution in [0.25, 0.3) is 0 Å². The van der Waals surface area contributed by atoms with Crippen molar-refractivity contribution in [3.8, 4) is 0 Å². The number of aryl methyl sites for hydroxylation is 1. The summed E-state index contributed by atoms with van der Waals surface area (Å²) in [4.78, 5) is 0. The molecule has 13 heavy (non-hydrogen) atoms. The number of rotatable bonds is 2. The molecule has 4 N–H and O–H groups in total. The standard InChI is InChI=1S/C9H13FN2.ClH/c1-6-4-7(9(12)5-11)2-3-8(6)10;/h2-4,9H,5,11-12H2,1H3;1H/t9-;/m1./s1. The summed E-state index contributed by atoms with van der Waals surface area (Å²) in [5.41, 5.74) is 12.5. The summed E-state index contributed by atoms with van der Waals surface area (Å²) in [6.07, 6.45) is 0. The molecule has 0 unspecified atom stereocenters. The first-order chi connectivity index (χ1) is 5.65. The van der Waals surface area contributed by atoms with Crippen molar-refractivity contribution in [2.75, 3.05) is 6.54 Å². The maximum atomic E-state index is 12.8. The fraction of sp³-hybridized carbons (Fsp3) is 0.333. The van der Waals surface area contributed by atoms with Crippen molar-refractivity contribution in [2.45, 2.75) is 13.0 Å². The van der Waals surface area contributed by atoms with E-state index in [1.54, 1.807) is 19.1 Å². The van der Waals surface area contributed by atoms with Gasteiger partial charge in [0, 0.05) is 12.6 Å². The van der Waals surface area contributed by atoms with Crippen LogP contribution in [0.4, 0.5) is 4.39 Å². The molecule has 0 amide bonds. The van der Waals surface area contributed by atoms with E-state index in [4.69, 9.17) is 11.5 Å². The van der Waals surface area contributed by atoms with E-state index in [-0.39, 0.29) is 24.3 Å². The number of hydrogen-bond acceptors (Lipinski definition) is 2. The second-order valence-electron chi connectivity index (χ2n) is 2.85. The third-order valence-corrected chi connectivity index (χ3v) is 1.86. The summed E-state index contributed by atoms with van der Waals surface area (Å²) >= 11 is 0. The fourth-order valence-corrected chi connectivity index (χ4v) is 1.03. The smallest absolute Gasteiger partial charge is 0.126 e. The molecule has 0 fully saturated rings. The van der Waals surface area contributed by atoms with Crippen molar-refractivity contribution in [3.63, 3.8) is 0 Å². The van der Waals surface area contributed by atoms with Gasteiger partial charge in [-0.25, -0.2) is 4.39 Å². The second kappa shape index (κ2) is 5.17. The molecule has 0 spiro atoms. The highest BCUT2D eigenvalue weighted by Gasteiger charge is 2.04. The Morgan fingerprint density at radius 3 is 2.54 bits per heavy atom. The third-order valence-electron chi connectivity index (χ3n) is 1.86. The maximum absolute atomic E-state index is 12.8. The van der Waals surface area contributed by atoms with E-state index >= 15 is 0 Å². The molecule has 0 heterocycles. The predicted octanol–water partition coefficient (Wildman–Crippen LogP) is 1.51. The van der Waals surface area contributed by atoms with Gasteiger partial charge < -0.3 is 11.5 Å². The van der Waals surface area contributed by atoms with Crippen molar-refractivity contribution in [1.29, 1.82) is 0 Å². The van der Waals surface area contributed by atoms with Gasteiger partial charge in [0.15, 0.2) is 0 Å². The second-order valence-corrected chi connectivity index (χ2v) is 2.85. The van der Waals surface area contributed by atoms with Gasteiger partial charge in [-0.2, -0.15) is 0 Å². The highest BCUT2D eigenvalue weighted by atomic mass is 35.5. The average molecular weight is 205 g/mol. The van der Waals surface area contributed by atoms with Gasteiger partial charge in [-0.3, -0.25) is 0 Å². The van der Waals surface area contributed by atoms with E-state index < -0.39 is 0 Å². The first kappa shape index (κ1) is 12.4. The Morgan fingerprint density at radius 2 is 2.08 bits per heavy atom. The van der Waals surface area contributed by atoms with Gasteiger partial charge in [0.2, 0.25) is 0 Å². The Morgan fingerprint density at radius 1 is 1.46 bits per heavy atom. The Hall–Kier alpha value is -0.640. The Labute approximate surface area is 83.5 Å². The van der Waals surface area contributed by atoms with Crippen molar-refractivity contribution >= 4 is 12.4 Å². The van der Waals surface area contributed by atoms with Crippen molar-refractivity contribution in [3.05, 3.63) is 35.1 Å². The van der Waals surface area contributed by atoms with E-state index in [9.17, 15) is 4.39 Å². The van der Waals surface area contributed by atoms with E-state index in [2.05, 4.69) is 0 Å². The minimum absolute atomic E-state index is 0. The Kier molecular flexibility index (Phi) is 4.91. The van der Waals surface area contributed by atoms with Crippen LogP contribution in [0.5, 0.6) is 0 Å². The molecule has 0 aliphatic carbocycles. The van der Waals surface area contributed by atoms with E-state index in [1.165, 1.54) is 6.07 Å². The summed E-state index contributed by atoms with van der Waals surface area (Å²) in [5, 5.41) is 0. The molecule has 1 atom stereocenters. The van der Waals surface area contributed by atoms with Gasteiger partial charge in [-0.15, -0.1) is 12.4 Å². The molecule has 0 radical (unpaired) electrons. The van der Waals surface area contributed by atoms with Gasteiger partial charge in [0.25, 0.3) is 0 Å². The zero-order chi connectivity index (χ0) is 9.14. The van der Waals surface area contributed by atoms with Gasteiger partial charge >= 0.3 is 0 Å². The maximum Gasteiger partial charge on any atom is 0.126 e. The summed E-state index contributed by atoms with van der Waals surface area (Å²) in [7, 11) is 0. The largest absolute Gasteiger partial charge is 0.329 e. The molecular formula is C9H14ClFN2. The van der Waals surface area contributed by atoms with E-state index in [1.807, 2.05) is 0 Å². The van der Waals surface area contributed by atoms with Gasteiger partial charge in [0.05, 0.1) is 0 Å². The molecular weight excluding hydrogens is 191 g/mol. The van der Waals surface area contributed by atoms with Crippen LogP contribution in [0, 0.1) is 12.7 Å². The summed E-state index contributed by atoms with van der Waals surface area (Å²) < 4.78 is 12.8. The van der Waals surface area contributed by atoms with Crippen molar-refractivity contribution in [1.82, 2.24) is 0 Å². The third kappa shape index (κ3) is 2.95. The van der Waals surface area contributed by atoms with Gasteiger partial charge in [0.1, 0.15) is 5.82 Å². The highest BCUT2D eigenvalue weighted by molar-refractivity contribution is 5.85. The lowest BCUT2D eigenvalue weighted by Crippen LogP contribution is -2.20. The SMILES string of the molecule is Cc1cc([C@H](N)CN)ccc1F.Cl. The number of hydrogen-bond donors (Lipinski definition) is 2. The first-order valence-corrected chi connectivity index (χ1v) is 3.87. The minimum atomic E-state index is -0.206. The van der Waals surface area contributed by atoms with Crippen LogP contribution < -0.4 is 11.5 Å².